The SMILES string of the molecule is Cc1cc(C)c(-n2cc[n+]([C@H]3C[C@H]4C[C@H]([C@@H]3C)C4(C)C)c2)c(C)c1. The maximum absolute atomic E-state index is 2.48. The number of hydrogen-bond donors (Lipinski definition) is 0. The van der Waals surface area contributed by atoms with Gasteiger partial charge in [0.2, 0.25) is 6.33 Å². The fraction of sp³-hybridized carbons (Fsp3) is 0.591. The Bertz CT molecular complexity index is 760. The Morgan fingerprint density at radius 1 is 1.08 bits per heavy atom. The van der Waals surface area contributed by atoms with E-state index < -0.39 is 0 Å². The molecule has 2 heteroatoms. The lowest BCUT2D eigenvalue weighted by atomic mass is 9.44. The Morgan fingerprint density at radius 3 is 2.33 bits per heavy atom. The summed E-state index contributed by atoms with van der Waals surface area (Å²) < 4.78 is 4.81. The van der Waals surface area contributed by atoms with Crippen LogP contribution in [-0.2, 0) is 0 Å². The van der Waals surface area contributed by atoms with Crippen molar-refractivity contribution in [3.05, 3.63) is 47.5 Å². The Balaban J connectivity index is 1.65. The zero-order valence-corrected chi connectivity index (χ0v) is 16.0. The summed E-state index contributed by atoms with van der Waals surface area (Å²) in [6.07, 6.45) is 9.64. The van der Waals surface area contributed by atoms with Gasteiger partial charge in [0.1, 0.15) is 24.1 Å². The fourth-order valence-corrected chi connectivity index (χ4v) is 5.79. The van der Waals surface area contributed by atoms with E-state index in [2.05, 4.69) is 81.5 Å². The molecule has 2 aromatic rings. The molecule has 3 aliphatic rings. The van der Waals surface area contributed by atoms with E-state index in [1.807, 2.05) is 0 Å². The maximum atomic E-state index is 2.48. The average molecular weight is 324 g/mol. The van der Waals surface area contributed by atoms with Gasteiger partial charge in [-0.3, -0.25) is 0 Å². The molecule has 2 bridgehead atoms. The third kappa shape index (κ3) is 2.18. The van der Waals surface area contributed by atoms with Gasteiger partial charge in [0, 0.05) is 5.92 Å². The van der Waals surface area contributed by atoms with Crippen LogP contribution < -0.4 is 4.57 Å². The van der Waals surface area contributed by atoms with Gasteiger partial charge >= 0.3 is 0 Å². The summed E-state index contributed by atoms with van der Waals surface area (Å²) in [7, 11) is 0. The molecule has 5 rings (SSSR count). The minimum atomic E-state index is 0.559. The highest BCUT2D eigenvalue weighted by molar-refractivity contribution is 5.48. The van der Waals surface area contributed by atoms with Gasteiger partial charge in [0.25, 0.3) is 0 Å². The van der Waals surface area contributed by atoms with Crippen LogP contribution in [0.25, 0.3) is 5.69 Å². The number of nitrogens with zero attached hydrogens (tertiary/aromatic N) is 2. The van der Waals surface area contributed by atoms with E-state index >= 15 is 0 Å². The van der Waals surface area contributed by atoms with Crippen LogP contribution in [0.15, 0.2) is 30.9 Å². The fourth-order valence-electron chi connectivity index (χ4n) is 5.79. The number of benzene rings is 1. The molecule has 3 fully saturated rings. The van der Waals surface area contributed by atoms with Crippen LogP contribution in [0.2, 0.25) is 0 Å². The number of aryl methyl sites for hydroxylation is 3. The molecule has 2 nitrogen and oxygen atoms in total. The summed E-state index contributed by atoms with van der Waals surface area (Å²) in [6, 6.07) is 5.23. The Labute approximate surface area is 146 Å². The van der Waals surface area contributed by atoms with E-state index in [0.29, 0.717) is 11.5 Å². The molecule has 0 N–H and O–H groups in total. The van der Waals surface area contributed by atoms with E-state index in [9.17, 15) is 0 Å². The summed E-state index contributed by atoms with van der Waals surface area (Å²) >= 11 is 0. The lowest BCUT2D eigenvalue weighted by molar-refractivity contribution is -0.737. The average Bonchev–Trinajstić information content (AvgIpc) is 2.95. The largest absolute Gasteiger partial charge is 0.249 e. The summed E-state index contributed by atoms with van der Waals surface area (Å²) in [5.74, 6) is 2.56. The van der Waals surface area contributed by atoms with Crippen LogP contribution >= 0.6 is 0 Å². The first-order valence-corrected chi connectivity index (χ1v) is 9.46. The van der Waals surface area contributed by atoms with E-state index in [4.69, 9.17) is 0 Å². The van der Waals surface area contributed by atoms with Crippen LogP contribution in [0.4, 0.5) is 0 Å². The molecule has 128 valence electrons. The number of imidazole rings is 1. The molecule has 1 aromatic heterocycles. The standard InChI is InChI=1S/C22H31N2/c1-14-9-15(2)21(16(3)10-14)24-8-7-23(13-24)20-12-18-11-19(17(20)4)22(18,5)6/h7-10,13,17-20H,11-12H2,1-6H3/q+1/t17-,18+,19+,20-/m0/s1. The van der Waals surface area contributed by atoms with Gasteiger partial charge in [0.05, 0.1) is 0 Å². The van der Waals surface area contributed by atoms with E-state index in [1.165, 1.54) is 35.2 Å². The Hall–Kier alpha value is -1.57. The minimum Gasteiger partial charge on any atom is -0.233 e. The maximum Gasteiger partial charge on any atom is 0.249 e. The third-order valence-corrected chi connectivity index (χ3v) is 7.25. The van der Waals surface area contributed by atoms with Crippen LogP contribution in [0.5, 0.6) is 0 Å². The molecule has 1 heterocycles. The van der Waals surface area contributed by atoms with Crippen molar-refractivity contribution in [2.75, 3.05) is 0 Å². The Kier molecular flexibility index (Phi) is 3.46. The summed E-state index contributed by atoms with van der Waals surface area (Å²) in [5.41, 5.74) is 5.96. The molecule has 1 aromatic carbocycles. The van der Waals surface area contributed by atoms with Gasteiger partial charge in [-0.15, -0.1) is 0 Å². The third-order valence-electron chi connectivity index (χ3n) is 7.25. The lowest BCUT2D eigenvalue weighted by Crippen LogP contribution is -2.60. The molecule has 0 saturated heterocycles. The van der Waals surface area contributed by atoms with E-state index in [-0.39, 0.29) is 0 Å². The highest BCUT2D eigenvalue weighted by Crippen LogP contribution is 2.63. The highest BCUT2D eigenvalue weighted by Gasteiger charge is 2.57. The molecular weight excluding hydrogens is 292 g/mol. The molecule has 0 unspecified atom stereocenters. The molecule has 0 amide bonds. The van der Waals surface area contributed by atoms with Crippen molar-refractivity contribution >= 4 is 0 Å². The van der Waals surface area contributed by atoms with Crippen LogP contribution in [-0.4, -0.2) is 4.57 Å². The monoisotopic (exact) mass is 323 g/mol. The smallest absolute Gasteiger partial charge is 0.233 e. The summed E-state index contributed by atoms with van der Waals surface area (Å²) in [6.45, 7) is 14.1. The molecule has 0 spiro atoms. The number of rotatable bonds is 2. The number of hydrogen-bond acceptors (Lipinski definition) is 0. The van der Waals surface area contributed by atoms with Gasteiger partial charge in [0.15, 0.2) is 0 Å². The molecule has 4 atom stereocenters. The number of aromatic nitrogens is 2. The molecule has 3 saturated carbocycles. The second-order valence-corrected chi connectivity index (χ2v) is 9.04. The van der Waals surface area contributed by atoms with Gasteiger partial charge < -0.3 is 0 Å². The van der Waals surface area contributed by atoms with Crippen molar-refractivity contribution in [1.82, 2.24) is 4.57 Å². The first-order chi connectivity index (χ1) is 11.3. The van der Waals surface area contributed by atoms with Crippen molar-refractivity contribution in [1.29, 1.82) is 0 Å². The first-order valence-electron chi connectivity index (χ1n) is 9.46. The van der Waals surface area contributed by atoms with Gasteiger partial charge in [-0.05, 0) is 62.0 Å². The molecule has 3 aliphatic carbocycles. The van der Waals surface area contributed by atoms with Gasteiger partial charge in [-0.25, -0.2) is 9.13 Å². The predicted molar refractivity (Wildman–Crippen MR) is 98.4 cm³/mol. The molecule has 0 aliphatic heterocycles. The lowest BCUT2D eigenvalue weighted by Gasteiger charge is -2.61. The summed E-state index contributed by atoms with van der Waals surface area (Å²) in [5, 5.41) is 0. The zero-order valence-electron chi connectivity index (χ0n) is 16.0. The summed E-state index contributed by atoms with van der Waals surface area (Å²) in [4.78, 5) is 0. The van der Waals surface area contributed by atoms with Crippen LogP contribution in [0.3, 0.4) is 0 Å². The van der Waals surface area contributed by atoms with Crippen molar-refractivity contribution in [3.8, 4) is 5.69 Å². The quantitative estimate of drug-likeness (QED) is 0.693. The van der Waals surface area contributed by atoms with Crippen molar-refractivity contribution in [2.45, 2.75) is 60.4 Å². The van der Waals surface area contributed by atoms with E-state index in [0.717, 1.165) is 17.8 Å². The minimum absolute atomic E-state index is 0.559. The van der Waals surface area contributed by atoms with Crippen molar-refractivity contribution < 1.29 is 4.57 Å². The Morgan fingerprint density at radius 2 is 1.75 bits per heavy atom. The van der Waals surface area contributed by atoms with Crippen LogP contribution in [0.1, 0.15) is 56.3 Å². The second kappa shape index (κ2) is 5.21. The number of fused-ring (bicyclic) bond motifs is 2. The van der Waals surface area contributed by atoms with Crippen molar-refractivity contribution in [2.24, 2.45) is 23.2 Å². The van der Waals surface area contributed by atoms with Crippen LogP contribution in [0, 0.1) is 43.9 Å². The first kappa shape index (κ1) is 15.9. The normalized spacial score (nSPS) is 30.9. The van der Waals surface area contributed by atoms with Crippen molar-refractivity contribution in [3.63, 3.8) is 0 Å². The van der Waals surface area contributed by atoms with Gasteiger partial charge in [-0.1, -0.05) is 38.5 Å². The zero-order chi connectivity index (χ0) is 17.2. The second-order valence-electron chi connectivity index (χ2n) is 9.04. The topological polar surface area (TPSA) is 8.81 Å². The molecule has 0 radical (unpaired) electrons. The predicted octanol–water partition coefficient (Wildman–Crippen LogP) is 4.93. The molecular formula is C22H31N2+. The highest BCUT2D eigenvalue weighted by atomic mass is 15.1. The van der Waals surface area contributed by atoms with E-state index in [1.54, 1.807) is 0 Å². The van der Waals surface area contributed by atoms with Gasteiger partial charge in [-0.2, -0.15) is 0 Å². The molecule has 24 heavy (non-hydrogen) atoms.